The number of hydrogen-bond acceptors (Lipinski definition) is 6. The third-order valence-electron chi connectivity index (χ3n) is 3.17. The van der Waals surface area contributed by atoms with Crippen LogP contribution in [0.2, 0.25) is 0 Å². The number of anilines is 2. The molecule has 1 aromatic carbocycles. The summed E-state index contributed by atoms with van der Waals surface area (Å²) in [5.41, 5.74) is 7.78. The van der Waals surface area contributed by atoms with Gasteiger partial charge in [-0.15, -0.1) is 0 Å². The molecule has 0 fully saturated rings. The highest BCUT2D eigenvalue weighted by atomic mass is 16.5. The molecule has 0 bridgehead atoms. The summed E-state index contributed by atoms with van der Waals surface area (Å²) in [7, 11) is 3.13. The maximum Gasteiger partial charge on any atom is 0.232 e. The average Bonchev–Trinajstić information content (AvgIpc) is 2.53. The van der Waals surface area contributed by atoms with Crippen LogP contribution in [-0.4, -0.2) is 30.7 Å². The molecule has 2 N–H and O–H groups in total. The van der Waals surface area contributed by atoms with Crippen LogP contribution in [0.3, 0.4) is 0 Å². The summed E-state index contributed by atoms with van der Waals surface area (Å²) in [5.74, 6) is 1.49. The highest BCUT2D eigenvalue weighted by Crippen LogP contribution is 2.22. The lowest BCUT2D eigenvalue weighted by atomic mass is 10.2. The van der Waals surface area contributed by atoms with Crippen molar-refractivity contribution in [3.05, 3.63) is 35.9 Å². The standard InChI is InChI=1S/C15H20N4O2/c1-4-19(10-11-7-5-6-8-12(11)16)15-17-13(20-2)9-14(18-15)21-3/h5-9H,4,10,16H2,1-3H3. The molecule has 0 spiro atoms. The lowest BCUT2D eigenvalue weighted by molar-refractivity contribution is 0.371. The number of nitrogen functional groups attached to an aromatic ring is 1. The Balaban J connectivity index is 2.31. The number of rotatable bonds is 6. The molecular formula is C15H20N4O2. The van der Waals surface area contributed by atoms with Crippen LogP contribution in [0.15, 0.2) is 30.3 Å². The minimum atomic E-state index is 0.469. The van der Waals surface area contributed by atoms with E-state index in [4.69, 9.17) is 15.2 Å². The van der Waals surface area contributed by atoms with Crippen molar-refractivity contribution in [2.24, 2.45) is 0 Å². The van der Waals surface area contributed by atoms with E-state index in [2.05, 4.69) is 9.97 Å². The molecule has 0 aliphatic rings. The third kappa shape index (κ3) is 3.53. The van der Waals surface area contributed by atoms with E-state index in [9.17, 15) is 0 Å². The zero-order valence-corrected chi connectivity index (χ0v) is 12.5. The number of nitrogens with two attached hydrogens (primary N) is 1. The largest absolute Gasteiger partial charge is 0.481 e. The van der Waals surface area contributed by atoms with E-state index < -0.39 is 0 Å². The van der Waals surface area contributed by atoms with Gasteiger partial charge in [-0.05, 0) is 18.6 Å². The second-order valence-corrected chi connectivity index (χ2v) is 4.47. The van der Waals surface area contributed by atoms with Crippen LogP contribution in [0.1, 0.15) is 12.5 Å². The molecule has 0 aliphatic carbocycles. The first-order chi connectivity index (χ1) is 10.2. The third-order valence-corrected chi connectivity index (χ3v) is 3.17. The Labute approximate surface area is 124 Å². The molecule has 2 rings (SSSR count). The number of hydrogen-bond donors (Lipinski definition) is 1. The first kappa shape index (κ1) is 14.9. The predicted octanol–water partition coefficient (Wildman–Crippen LogP) is 2.10. The van der Waals surface area contributed by atoms with Crippen molar-refractivity contribution < 1.29 is 9.47 Å². The predicted molar refractivity (Wildman–Crippen MR) is 82.7 cm³/mol. The summed E-state index contributed by atoms with van der Waals surface area (Å²) in [6, 6.07) is 9.41. The van der Waals surface area contributed by atoms with Crippen LogP contribution in [0.5, 0.6) is 11.8 Å². The van der Waals surface area contributed by atoms with Gasteiger partial charge < -0.3 is 20.1 Å². The molecule has 1 aromatic heterocycles. The Hall–Kier alpha value is -2.50. The summed E-state index contributed by atoms with van der Waals surface area (Å²) in [4.78, 5) is 10.7. The van der Waals surface area contributed by atoms with Crippen molar-refractivity contribution in [1.29, 1.82) is 0 Å². The first-order valence-electron chi connectivity index (χ1n) is 6.73. The molecule has 2 aromatic rings. The zero-order chi connectivity index (χ0) is 15.2. The Morgan fingerprint density at radius 3 is 2.24 bits per heavy atom. The molecular weight excluding hydrogens is 268 g/mol. The van der Waals surface area contributed by atoms with Crippen molar-refractivity contribution in [3.63, 3.8) is 0 Å². The molecule has 0 saturated heterocycles. The van der Waals surface area contributed by atoms with Crippen LogP contribution in [-0.2, 0) is 6.54 Å². The summed E-state index contributed by atoms with van der Waals surface area (Å²) in [5, 5.41) is 0. The molecule has 0 unspecified atom stereocenters. The molecule has 112 valence electrons. The van der Waals surface area contributed by atoms with Gasteiger partial charge in [0.1, 0.15) is 0 Å². The van der Waals surface area contributed by atoms with Crippen molar-refractivity contribution in [2.45, 2.75) is 13.5 Å². The van der Waals surface area contributed by atoms with Crippen molar-refractivity contribution >= 4 is 11.6 Å². The SMILES string of the molecule is CCN(Cc1ccccc1N)c1nc(OC)cc(OC)n1. The van der Waals surface area contributed by atoms with Gasteiger partial charge in [-0.25, -0.2) is 0 Å². The van der Waals surface area contributed by atoms with Gasteiger partial charge in [-0.2, -0.15) is 9.97 Å². The first-order valence-corrected chi connectivity index (χ1v) is 6.73. The van der Waals surface area contributed by atoms with Crippen LogP contribution < -0.4 is 20.1 Å². The van der Waals surface area contributed by atoms with Gasteiger partial charge in [0.05, 0.1) is 20.3 Å². The van der Waals surface area contributed by atoms with Crippen LogP contribution in [0.4, 0.5) is 11.6 Å². The van der Waals surface area contributed by atoms with E-state index in [0.29, 0.717) is 24.3 Å². The van der Waals surface area contributed by atoms with Crippen molar-refractivity contribution in [3.8, 4) is 11.8 Å². The van der Waals surface area contributed by atoms with Gasteiger partial charge >= 0.3 is 0 Å². The summed E-state index contributed by atoms with van der Waals surface area (Å²) >= 11 is 0. The number of methoxy groups -OCH3 is 2. The van der Waals surface area contributed by atoms with Gasteiger partial charge in [-0.3, -0.25) is 0 Å². The smallest absolute Gasteiger partial charge is 0.232 e. The monoisotopic (exact) mass is 288 g/mol. The molecule has 6 nitrogen and oxygen atoms in total. The summed E-state index contributed by atoms with van der Waals surface area (Å²) < 4.78 is 10.4. The molecule has 6 heteroatoms. The highest BCUT2D eigenvalue weighted by Gasteiger charge is 2.13. The summed E-state index contributed by atoms with van der Waals surface area (Å²) in [6.07, 6.45) is 0. The molecule has 0 radical (unpaired) electrons. The van der Waals surface area contributed by atoms with E-state index in [1.54, 1.807) is 20.3 Å². The topological polar surface area (TPSA) is 73.5 Å². The normalized spacial score (nSPS) is 10.2. The number of aromatic nitrogens is 2. The Morgan fingerprint density at radius 1 is 1.10 bits per heavy atom. The fraction of sp³-hybridized carbons (Fsp3) is 0.333. The molecule has 0 amide bonds. The average molecular weight is 288 g/mol. The number of para-hydroxylation sites is 1. The molecule has 21 heavy (non-hydrogen) atoms. The Morgan fingerprint density at radius 2 is 1.71 bits per heavy atom. The van der Waals surface area contributed by atoms with Crippen LogP contribution in [0, 0.1) is 0 Å². The minimum absolute atomic E-state index is 0.469. The van der Waals surface area contributed by atoms with Crippen molar-refractivity contribution in [1.82, 2.24) is 9.97 Å². The van der Waals surface area contributed by atoms with Gasteiger partial charge in [0.2, 0.25) is 17.7 Å². The maximum absolute atomic E-state index is 6.00. The van der Waals surface area contributed by atoms with E-state index in [-0.39, 0.29) is 0 Å². The number of ether oxygens (including phenoxy) is 2. The van der Waals surface area contributed by atoms with E-state index in [1.165, 1.54) is 0 Å². The minimum Gasteiger partial charge on any atom is -0.481 e. The molecule has 0 saturated carbocycles. The number of benzene rings is 1. The van der Waals surface area contributed by atoms with Crippen molar-refractivity contribution in [2.75, 3.05) is 31.4 Å². The molecule has 0 atom stereocenters. The fourth-order valence-corrected chi connectivity index (χ4v) is 1.95. The molecule has 1 heterocycles. The Kier molecular flexibility index (Phi) is 4.81. The summed E-state index contributed by atoms with van der Waals surface area (Å²) in [6.45, 7) is 3.40. The fourth-order valence-electron chi connectivity index (χ4n) is 1.95. The quantitative estimate of drug-likeness (QED) is 0.821. The van der Waals surface area contributed by atoms with E-state index in [0.717, 1.165) is 17.8 Å². The second kappa shape index (κ2) is 6.78. The van der Waals surface area contributed by atoms with E-state index >= 15 is 0 Å². The van der Waals surface area contributed by atoms with Crippen LogP contribution >= 0.6 is 0 Å². The number of nitrogens with zero attached hydrogens (tertiary/aromatic N) is 3. The van der Waals surface area contributed by atoms with Gasteiger partial charge in [-0.1, -0.05) is 18.2 Å². The van der Waals surface area contributed by atoms with Crippen LogP contribution in [0.25, 0.3) is 0 Å². The van der Waals surface area contributed by atoms with E-state index in [1.807, 2.05) is 36.1 Å². The van der Waals surface area contributed by atoms with Gasteiger partial charge in [0.25, 0.3) is 0 Å². The maximum atomic E-state index is 6.00. The lowest BCUT2D eigenvalue weighted by Gasteiger charge is -2.22. The highest BCUT2D eigenvalue weighted by molar-refractivity contribution is 5.49. The lowest BCUT2D eigenvalue weighted by Crippen LogP contribution is -2.25. The van der Waals surface area contributed by atoms with Gasteiger partial charge in [0, 0.05) is 18.8 Å². The Bertz CT molecular complexity index is 582. The van der Waals surface area contributed by atoms with Gasteiger partial charge in [0.15, 0.2) is 0 Å². The zero-order valence-electron chi connectivity index (χ0n) is 12.5. The second-order valence-electron chi connectivity index (χ2n) is 4.47. The molecule has 0 aliphatic heterocycles.